The van der Waals surface area contributed by atoms with Crippen LogP contribution in [0.1, 0.15) is 12.8 Å². The van der Waals surface area contributed by atoms with Gasteiger partial charge in [-0.2, -0.15) is 0 Å². The zero-order chi connectivity index (χ0) is 8.23. The summed E-state index contributed by atoms with van der Waals surface area (Å²) >= 11 is 1.66. The second-order valence-corrected chi connectivity index (χ2v) is 3.45. The van der Waals surface area contributed by atoms with Gasteiger partial charge in [0.15, 0.2) is 0 Å². The Labute approximate surface area is 76.5 Å². The molecule has 0 saturated carbocycles. The maximum absolute atomic E-state index is 5.37. The Balaban J connectivity index is 2.13. The normalized spacial score (nSPS) is 21.3. The largest absolute Gasteiger partial charge is 0.464 e. The molecule has 1 nitrogen and oxygen atoms in total. The topological polar surface area (TPSA) is 9.23 Å². The van der Waals surface area contributed by atoms with Gasteiger partial charge in [0.05, 0.1) is 6.26 Å². The van der Waals surface area contributed by atoms with E-state index in [0.717, 1.165) is 18.6 Å². The smallest absolute Gasteiger partial charge is 0.136 e. The lowest BCUT2D eigenvalue weighted by atomic mass is 10.0. The highest BCUT2D eigenvalue weighted by Gasteiger charge is 2.08. The molecule has 62 valence electrons. The minimum Gasteiger partial charge on any atom is -0.464 e. The van der Waals surface area contributed by atoms with E-state index in [9.17, 15) is 0 Å². The molecule has 1 heterocycles. The summed E-state index contributed by atoms with van der Waals surface area (Å²) in [6.45, 7) is 0. The van der Waals surface area contributed by atoms with Crippen LogP contribution in [0.15, 0.2) is 46.6 Å². The number of hydrogen-bond acceptors (Lipinski definition) is 2. The van der Waals surface area contributed by atoms with E-state index >= 15 is 0 Å². The Hall–Kier alpha value is -0.890. The van der Waals surface area contributed by atoms with Crippen molar-refractivity contribution in [1.82, 2.24) is 0 Å². The lowest BCUT2D eigenvalue weighted by molar-refractivity contribution is 0.359. The fraction of sp³-hybridized carbons (Fsp3) is 0.200. The van der Waals surface area contributed by atoms with Crippen molar-refractivity contribution in [1.29, 1.82) is 0 Å². The van der Waals surface area contributed by atoms with Crippen molar-refractivity contribution in [2.75, 3.05) is 0 Å². The summed E-state index contributed by atoms with van der Waals surface area (Å²) in [5.41, 5.74) is 1.30. The number of rotatable bonds is 1. The predicted molar refractivity (Wildman–Crippen MR) is 52.4 cm³/mol. The van der Waals surface area contributed by atoms with Gasteiger partial charge in [0.2, 0.25) is 0 Å². The van der Waals surface area contributed by atoms with Crippen LogP contribution >= 0.6 is 11.8 Å². The summed E-state index contributed by atoms with van der Waals surface area (Å²) in [5.74, 6) is 1.01. The molecule has 2 heteroatoms. The van der Waals surface area contributed by atoms with Crippen LogP contribution in [-0.4, -0.2) is 0 Å². The van der Waals surface area contributed by atoms with Gasteiger partial charge in [-0.15, -0.1) is 0 Å². The summed E-state index contributed by atoms with van der Waals surface area (Å²) in [7, 11) is 0. The van der Waals surface area contributed by atoms with Gasteiger partial charge in [-0.1, -0.05) is 30.0 Å². The van der Waals surface area contributed by atoms with E-state index in [-0.39, 0.29) is 0 Å². The molecule has 2 aliphatic rings. The first kappa shape index (κ1) is 7.74. The standard InChI is InChI=1S/C10H10OS/c1-2-4-9(5-3-1)10-8-12-7-6-11-10/h1-2,4,6-8H,3,5H2. The number of allylic oxidation sites excluding steroid dienone is 4. The van der Waals surface area contributed by atoms with E-state index in [0.29, 0.717) is 0 Å². The lowest BCUT2D eigenvalue weighted by Crippen LogP contribution is -1.95. The van der Waals surface area contributed by atoms with Crippen molar-refractivity contribution in [3.05, 3.63) is 46.6 Å². The second-order valence-electron chi connectivity index (χ2n) is 2.67. The zero-order valence-electron chi connectivity index (χ0n) is 6.69. The third kappa shape index (κ3) is 1.64. The molecule has 0 N–H and O–H groups in total. The Morgan fingerprint density at radius 2 is 2.42 bits per heavy atom. The van der Waals surface area contributed by atoms with Gasteiger partial charge in [-0.05, 0) is 18.4 Å². The first-order valence-corrected chi connectivity index (χ1v) is 4.94. The molecule has 0 spiro atoms. The van der Waals surface area contributed by atoms with E-state index in [2.05, 4.69) is 18.2 Å². The molecule has 0 unspecified atom stereocenters. The van der Waals surface area contributed by atoms with Crippen LogP contribution in [0.3, 0.4) is 0 Å². The molecule has 0 radical (unpaired) electrons. The highest BCUT2D eigenvalue weighted by Crippen LogP contribution is 2.26. The molecule has 0 amide bonds. The molecule has 1 aliphatic heterocycles. The molecule has 0 bridgehead atoms. The van der Waals surface area contributed by atoms with E-state index < -0.39 is 0 Å². The van der Waals surface area contributed by atoms with Crippen molar-refractivity contribution in [2.45, 2.75) is 12.8 Å². The van der Waals surface area contributed by atoms with Crippen molar-refractivity contribution < 1.29 is 4.74 Å². The van der Waals surface area contributed by atoms with Crippen LogP contribution in [0.2, 0.25) is 0 Å². The third-order valence-corrected chi connectivity index (χ3v) is 2.45. The van der Waals surface area contributed by atoms with Gasteiger partial charge in [0, 0.05) is 10.8 Å². The lowest BCUT2D eigenvalue weighted by Gasteiger charge is -2.13. The second kappa shape index (κ2) is 3.68. The molecule has 0 fully saturated rings. The van der Waals surface area contributed by atoms with Crippen molar-refractivity contribution in [3.63, 3.8) is 0 Å². The van der Waals surface area contributed by atoms with Gasteiger partial charge in [-0.3, -0.25) is 0 Å². The van der Waals surface area contributed by atoms with E-state index in [1.165, 1.54) is 5.57 Å². The van der Waals surface area contributed by atoms with Crippen molar-refractivity contribution >= 4 is 11.8 Å². The minimum absolute atomic E-state index is 1.01. The average Bonchev–Trinajstić information content (AvgIpc) is 2.21. The fourth-order valence-corrected chi connectivity index (χ4v) is 1.75. The maximum Gasteiger partial charge on any atom is 0.136 e. The summed E-state index contributed by atoms with van der Waals surface area (Å²) in [4.78, 5) is 0. The maximum atomic E-state index is 5.37. The van der Waals surface area contributed by atoms with Crippen LogP contribution in [0.5, 0.6) is 0 Å². The summed E-state index contributed by atoms with van der Waals surface area (Å²) in [6, 6.07) is 0. The van der Waals surface area contributed by atoms with Gasteiger partial charge < -0.3 is 4.74 Å². The van der Waals surface area contributed by atoms with Crippen molar-refractivity contribution in [3.8, 4) is 0 Å². The molecule has 0 aromatic rings. The molecule has 0 saturated heterocycles. The Kier molecular flexibility index (Phi) is 2.37. The molecule has 0 atom stereocenters. The van der Waals surface area contributed by atoms with Gasteiger partial charge in [0.1, 0.15) is 5.76 Å². The van der Waals surface area contributed by atoms with Crippen LogP contribution in [0.4, 0.5) is 0 Å². The Bertz CT molecular complexity index is 284. The molecular formula is C10H10OS. The first-order valence-electron chi connectivity index (χ1n) is 4.00. The highest BCUT2D eigenvalue weighted by atomic mass is 32.2. The average molecular weight is 178 g/mol. The summed E-state index contributed by atoms with van der Waals surface area (Å²) < 4.78 is 5.37. The Morgan fingerprint density at radius 1 is 1.42 bits per heavy atom. The van der Waals surface area contributed by atoms with Gasteiger partial charge >= 0.3 is 0 Å². The van der Waals surface area contributed by atoms with Crippen LogP contribution in [0.25, 0.3) is 0 Å². The van der Waals surface area contributed by atoms with Crippen LogP contribution in [-0.2, 0) is 4.74 Å². The third-order valence-electron chi connectivity index (χ3n) is 1.83. The Morgan fingerprint density at radius 3 is 3.08 bits per heavy atom. The SMILES string of the molecule is C1=CCCC(C2=CSC=CO2)=C1. The molecular weight excluding hydrogens is 168 g/mol. The molecule has 12 heavy (non-hydrogen) atoms. The predicted octanol–water partition coefficient (Wildman–Crippen LogP) is 3.34. The minimum atomic E-state index is 1.01. The monoisotopic (exact) mass is 178 g/mol. The summed E-state index contributed by atoms with van der Waals surface area (Å²) in [6.07, 6.45) is 10.3. The highest BCUT2D eigenvalue weighted by molar-refractivity contribution is 8.04. The van der Waals surface area contributed by atoms with Crippen molar-refractivity contribution in [2.24, 2.45) is 0 Å². The van der Waals surface area contributed by atoms with E-state index in [1.807, 2.05) is 10.8 Å². The fourth-order valence-electron chi connectivity index (χ4n) is 1.22. The molecule has 0 aromatic carbocycles. The number of ether oxygens (including phenoxy) is 1. The number of thioether (sulfide) groups is 1. The van der Waals surface area contributed by atoms with E-state index in [1.54, 1.807) is 18.0 Å². The summed E-state index contributed by atoms with van der Waals surface area (Å²) in [5, 5.41) is 3.98. The van der Waals surface area contributed by atoms with Crippen LogP contribution < -0.4 is 0 Å². The molecule has 0 aromatic heterocycles. The molecule has 1 aliphatic carbocycles. The number of hydrogen-bond donors (Lipinski definition) is 0. The first-order chi connectivity index (χ1) is 5.97. The van der Waals surface area contributed by atoms with Crippen LogP contribution in [0, 0.1) is 0 Å². The van der Waals surface area contributed by atoms with E-state index in [4.69, 9.17) is 4.74 Å². The quantitative estimate of drug-likeness (QED) is 0.609. The zero-order valence-corrected chi connectivity index (χ0v) is 7.51. The molecule has 2 rings (SSSR count). The van der Waals surface area contributed by atoms with Gasteiger partial charge in [0.25, 0.3) is 0 Å². The van der Waals surface area contributed by atoms with Gasteiger partial charge in [-0.25, -0.2) is 0 Å².